The van der Waals surface area contributed by atoms with Gasteiger partial charge >= 0.3 is 5.97 Å². The molecule has 7 nitrogen and oxygen atoms in total. The van der Waals surface area contributed by atoms with Crippen molar-refractivity contribution in [1.29, 1.82) is 0 Å². The van der Waals surface area contributed by atoms with Gasteiger partial charge in [-0.25, -0.2) is 4.98 Å². The van der Waals surface area contributed by atoms with Gasteiger partial charge in [-0.1, -0.05) is 0 Å². The van der Waals surface area contributed by atoms with Crippen LogP contribution < -0.4 is 10.3 Å². The molecule has 154 valence electrons. The summed E-state index contributed by atoms with van der Waals surface area (Å²) >= 11 is 2.13. The average Bonchev–Trinajstić information content (AvgIpc) is 2.48. The van der Waals surface area contributed by atoms with Crippen molar-refractivity contribution in [3.8, 4) is 0 Å². The first-order valence-corrected chi connectivity index (χ1v) is 10.8. The van der Waals surface area contributed by atoms with E-state index in [0.717, 1.165) is 0 Å². The second-order valence-electron chi connectivity index (χ2n) is 8.46. The number of carbonyl (C=O) groups is 1. The summed E-state index contributed by atoms with van der Waals surface area (Å²) in [4.78, 5) is 28.7. The summed E-state index contributed by atoms with van der Waals surface area (Å²) in [6, 6.07) is 0.00273. The summed E-state index contributed by atoms with van der Waals surface area (Å²) in [6.07, 6.45) is 2.57. The van der Waals surface area contributed by atoms with E-state index in [1.165, 1.54) is 10.9 Å². The second kappa shape index (κ2) is 9.54. The first-order chi connectivity index (χ1) is 12.2. The van der Waals surface area contributed by atoms with Gasteiger partial charge in [0.2, 0.25) is 0 Å². The molecular weight excluding hydrogens is 434 g/mol. The highest BCUT2D eigenvalue weighted by atomic mass is 79.9. The number of carbonyl (C=O) groups excluding carboxylic acids is 1. The SMILES string of the molecule is C[C@H](CCc1ncn(CC(=O)OC(C)(C)C)c(=O)c1Br)N[S@@+]([O-])C(C)(C)C. The van der Waals surface area contributed by atoms with Crippen molar-refractivity contribution in [2.75, 3.05) is 0 Å². The Morgan fingerprint density at radius 2 is 1.96 bits per heavy atom. The van der Waals surface area contributed by atoms with Crippen LogP contribution in [0.25, 0.3) is 0 Å². The van der Waals surface area contributed by atoms with Gasteiger partial charge < -0.3 is 9.29 Å². The number of halogens is 1. The van der Waals surface area contributed by atoms with E-state index in [0.29, 0.717) is 23.0 Å². The van der Waals surface area contributed by atoms with Crippen LogP contribution in [0.4, 0.5) is 0 Å². The Morgan fingerprint density at radius 3 is 2.48 bits per heavy atom. The van der Waals surface area contributed by atoms with E-state index in [1.54, 1.807) is 20.8 Å². The molecule has 2 atom stereocenters. The normalized spacial score (nSPS) is 14.7. The number of nitrogens with zero attached hydrogens (tertiary/aromatic N) is 2. The fraction of sp³-hybridized carbons (Fsp3) is 0.722. The van der Waals surface area contributed by atoms with Crippen molar-refractivity contribution in [1.82, 2.24) is 14.3 Å². The molecule has 27 heavy (non-hydrogen) atoms. The van der Waals surface area contributed by atoms with Crippen molar-refractivity contribution in [2.45, 2.75) is 84.2 Å². The van der Waals surface area contributed by atoms with E-state index in [-0.39, 0.29) is 22.9 Å². The summed E-state index contributed by atoms with van der Waals surface area (Å²) in [5.74, 6) is -0.492. The maximum atomic E-state index is 12.4. The molecule has 1 aromatic heterocycles. The van der Waals surface area contributed by atoms with E-state index < -0.39 is 22.9 Å². The van der Waals surface area contributed by atoms with Crippen LogP contribution in [0.5, 0.6) is 0 Å². The van der Waals surface area contributed by atoms with Gasteiger partial charge in [0.15, 0.2) is 0 Å². The molecule has 1 heterocycles. The standard InChI is InChI=1S/C18H30BrN3O4S/c1-12(21-27(25)18(5,6)7)8-9-13-15(19)16(24)22(11-20-13)10-14(23)26-17(2,3)4/h11-12,21H,8-10H2,1-7H3/t12-,27+/m1/s1. The number of nitrogens with one attached hydrogen (secondary N) is 1. The Kier molecular flexibility index (Phi) is 8.53. The number of aromatic nitrogens is 2. The molecule has 0 aromatic carbocycles. The third-order valence-electron chi connectivity index (χ3n) is 3.45. The van der Waals surface area contributed by atoms with Crippen molar-refractivity contribution < 1.29 is 14.1 Å². The van der Waals surface area contributed by atoms with Crippen molar-refractivity contribution in [3.05, 3.63) is 26.8 Å². The molecular formula is C18H30BrN3O4S. The molecule has 0 spiro atoms. The van der Waals surface area contributed by atoms with Crippen molar-refractivity contribution in [2.24, 2.45) is 0 Å². The predicted octanol–water partition coefficient (Wildman–Crippen LogP) is 2.72. The van der Waals surface area contributed by atoms with E-state index in [1.807, 2.05) is 27.7 Å². The molecule has 0 fully saturated rings. The van der Waals surface area contributed by atoms with Crippen LogP contribution in [0.3, 0.4) is 0 Å². The monoisotopic (exact) mass is 463 g/mol. The Bertz CT molecular complexity index is 710. The van der Waals surface area contributed by atoms with Crippen LogP contribution in [0.2, 0.25) is 0 Å². The van der Waals surface area contributed by atoms with Crippen LogP contribution in [-0.2, 0) is 33.9 Å². The fourth-order valence-corrected chi connectivity index (χ4v) is 3.43. The molecule has 1 aromatic rings. The molecule has 0 saturated heterocycles. The van der Waals surface area contributed by atoms with Gasteiger partial charge in [0.1, 0.15) is 21.4 Å². The summed E-state index contributed by atoms with van der Waals surface area (Å²) in [5.41, 5.74) is -0.331. The Hall–Kier alpha value is -0.900. The van der Waals surface area contributed by atoms with Crippen LogP contribution in [0, 0.1) is 0 Å². The number of ether oxygens (including phenoxy) is 1. The minimum atomic E-state index is -1.15. The average molecular weight is 464 g/mol. The van der Waals surface area contributed by atoms with E-state index in [9.17, 15) is 14.1 Å². The number of rotatable bonds is 7. The maximum absolute atomic E-state index is 12.4. The summed E-state index contributed by atoms with van der Waals surface area (Å²) in [6.45, 7) is 12.8. The summed E-state index contributed by atoms with van der Waals surface area (Å²) < 4.78 is 21.6. The maximum Gasteiger partial charge on any atom is 0.326 e. The lowest BCUT2D eigenvalue weighted by Crippen LogP contribution is -2.43. The van der Waals surface area contributed by atoms with Crippen LogP contribution in [-0.4, -0.2) is 36.5 Å². The Balaban J connectivity index is 2.73. The highest BCUT2D eigenvalue weighted by molar-refractivity contribution is 9.10. The summed E-state index contributed by atoms with van der Waals surface area (Å²) in [5, 5.41) is 0. The first kappa shape index (κ1) is 24.1. The first-order valence-electron chi connectivity index (χ1n) is 8.84. The zero-order valence-electron chi connectivity index (χ0n) is 17.1. The molecule has 0 aliphatic rings. The largest absolute Gasteiger partial charge is 0.598 e. The zero-order chi connectivity index (χ0) is 21.0. The Labute approximate surface area is 172 Å². The molecule has 0 bridgehead atoms. The lowest BCUT2D eigenvalue weighted by molar-refractivity contribution is -0.155. The van der Waals surface area contributed by atoms with Crippen molar-refractivity contribution >= 4 is 33.3 Å². The third kappa shape index (κ3) is 8.33. The number of esters is 1. The van der Waals surface area contributed by atoms with Crippen LogP contribution in [0.15, 0.2) is 15.6 Å². The topological polar surface area (TPSA) is 96.3 Å². The highest BCUT2D eigenvalue weighted by Crippen LogP contribution is 2.16. The quantitative estimate of drug-likeness (QED) is 0.493. The lowest BCUT2D eigenvalue weighted by Gasteiger charge is -2.26. The lowest BCUT2D eigenvalue weighted by atomic mass is 10.1. The summed E-state index contributed by atoms with van der Waals surface area (Å²) in [7, 11) is 0. The molecule has 0 aliphatic carbocycles. The van der Waals surface area contributed by atoms with Gasteiger partial charge in [0, 0.05) is 11.4 Å². The minimum absolute atomic E-state index is 0.00273. The zero-order valence-corrected chi connectivity index (χ0v) is 19.5. The van der Waals surface area contributed by atoms with Gasteiger partial charge in [0.25, 0.3) is 5.56 Å². The molecule has 0 saturated carbocycles. The van der Waals surface area contributed by atoms with Gasteiger partial charge in [-0.15, -0.1) is 4.72 Å². The van der Waals surface area contributed by atoms with Crippen LogP contribution >= 0.6 is 15.9 Å². The molecule has 9 heteroatoms. The number of hydrogen-bond donors (Lipinski definition) is 1. The number of hydrogen-bond acceptors (Lipinski definition) is 6. The fourth-order valence-electron chi connectivity index (χ4n) is 2.07. The van der Waals surface area contributed by atoms with Crippen LogP contribution in [0.1, 0.15) is 60.6 Å². The van der Waals surface area contributed by atoms with Gasteiger partial charge in [-0.3, -0.25) is 14.2 Å². The van der Waals surface area contributed by atoms with E-state index in [2.05, 4.69) is 25.6 Å². The molecule has 1 N–H and O–H groups in total. The third-order valence-corrected chi connectivity index (χ3v) is 5.98. The van der Waals surface area contributed by atoms with Gasteiger partial charge in [-0.2, -0.15) is 0 Å². The van der Waals surface area contributed by atoms with Gasteiger partial charge in [0.05, 0.1) is 18.1 Å². The molecule has 0 radical (unpaired) electrons. The predicted molar refractivity (Wildman–Crippen MR) is 111 cm³/mol. The van der Waals surface area contributed by atoms with Crippen molar-refractivity contribution in [3.63, 3.8) is 0 Å². The molecule has 0 unspecified atom stereocenters. The smallest absolute Gasteiger partial charge is 0.326 e. The highest BCUT2D eigenvalue weighted by Gasteiger charge is 2.28. The number of aryl methyl sites for hydroxylation is 1. The molecule has 1 rings (SSSR count). The minimum Gasteiger partial charge on any atom is -0.598 e. The van der Waals surface area contributed by atoms with Gasteiger partial charge in [-0.05, 0) is 77.2 Å². The second-order valence-corrected chi connectivity index (χ2v) is 11.3. The van der Waals surface area contributed by atoms with E-state index >= 15 is 0 Å². The molecule has 0 amide bonds. The van der Waals surface area contributed by atoms with E-state index in [4.69, 9.17) is 4.74 Å². The molecule has 0 aliphatic heterocycles. The Morgan fingerprint density at radius 1 is 1.37 bits per heavy atom.